The van der Waals surface area contributed by atoms with Gasteiger partial charge in [-0.3, -0.25) is 0 Å². The summed E-state index contributed by atoms with van der Waals surface area (Å²) in [7, 11) is 0. The molecule has 0 saturated heterocycles. The van der Waals surface area contributed by atoms with Gasteiger partial charge in [0.25, 0.3) is 0 Å². The Bertz CT molecular complexity index is 564. The minimum atomic E-state index is 0.548. The van der Waals surface area contributed by atoms with E-state index in [9.17, 15) is 0 Å². The largest absolute Gasteiger partial charge is 0.232 e. The van der Waals surface area contributed by atoms with E-state index in [-0.39, 0.29) is 0 Å². The molecule has 3 rings (SSSR count). The summed E-state index contributed by atoms with van der Waals surface area (Å²) >= 11 is 11.2. The van der Waals surface area contributed by atoms with Gasteiger partial charge in [0.2, 0.25) is 0 Å². The van der Waals surface area contributed by atoms with Crippen LogP contribution >= 0.6 is 38.9 Å². The molecule has 18 heavy (non-hydrogen) atoms. The van der Waals surface area contributed by atoms with Gasteiger partial charge in [-0.25, -0.2) is 9.97 Å². The van der Waals surface area contributed by atoms with Gasteiger partial charge in [-0.1, -0.05) is 24.4 Å². The van der Waals surface area contributed by atoms with E-state index in [0.717, 1.165) is 20.9 Å². The van der Waals surface area contributed by atoms with Crippen molar-refractivity contribution in [2.75, 3.05) is 0 Å². The molecule has 0 atom stereocenters. The molecule has 0 unspecified atom stereocenters. The van der Waals surface area contributed by atoms with Crippen LogP contribution < -0.4 is 0 Å². The predicted molar refractivity (Wildman–Crippen MR) is 79.3 cm³/mol. The third kappa shape index (κ3) is 2.60. The SMILES string of the molecule is Clc1cc(C2CCCC2)nc(-c2cc(Br)cs2)n1. The van der Waals surface area contributed by atoms with E-state index < -0.39 is 0 Å². The number of rotatable bonds is 2. The molecule has 1 saturated carbocycles. The van der Waals surface area contributed by atoms with E-state index in [2.05, 4.69) is 20.9 Å². The molecule has 1 aliphatic rings. The topological polar surface area (TPSA) is 25.8 Å². The molecule has 1 fully saturated rings. The van der Waals surface area contributed by atoms with Crippen LogP contribution in [0.25, 0.3) is 10.7 Å². The highest BCUT2D eigenvalue weighted by Gasteiger charge is 2.20. The van der Waals surface area contributed by atoms with Crippen molar-refractivity contribution in [3.63, 3.8) is 0 Å². The van der Waals surface area contributed by atoms with Crippen molar-refractivity contribution in [1.29, 1.82) is 0 Å². The van der Waals surface area contributed by atoms with Crippen LogP contribution in [0.15, 0.2) is 22.0 Å². The molecule has 0 bridgehead atoms. The Hall–Kier alpha value is -0.450. The lowest BCUT2D eigenvalue weighted by atomic mass is 10.0. The molecular weight excluding hydrogens is 332 g/mol. The van der Waals surface area contributed by atoms with Crippen LogP contribution in [0.3, 0.4) is 0 Å². The summed E-state index contributed by atoms with van der Waals surface area (Å²) < 4.78 is 1.06. The standard InChI is InChI=1S/C13H12BrClN2S/c14-9-5-11(18-7-9)13-16-10(6-12(15)17-13)8-3-1-2-4-8/h5-8H,1-4H2. The molecule has 2 heterocycles. The van der Waals surface area contributed by atoms with Crippen molar-refractivity contribution in [1.82, 2.24) is 9.97 Å². The monoisotopic (exact) mass is 342 g/mol. The second-order valence-electron chi connectivity index (χ2n) is 4.55. The van der Waals surface area contributed by atoms with Crippen LogP contribution in [-0.2, 0) is 0 Å². The van der Waals surface area contributed by atoms with Gasteiger partial charge in [0, 0.05) is 21.5 Å². The highest BCUT2D eigenvalue weighted by atomic mass is 79.9. The van der Waals surface area contributed by atoms with Gasteiger partial charge in [-0.15, -0.1) is 11.3 Å². The molecule has 5 heteroatoms. The van der Waals surface area contributed by atoms with Gasteiger partial charge in [-0.2, -0.15) is 0 Å². The molecule has 0 amide bonds. The van der Waals surface area contributed by atoms with Gasteiger partial charge in [-0.05, 0) is 40.9 Å². The minimum Gasteiger partial charge on any atom is -0.232 e. The maximum atomic E-state index is 6.13. The normalized spacial score (nSPS) is 16.3. The average Bonchev–Trinajstić information content (AvgIpc) is 2.98. The van der Waals surface area contributed by atoms with Gasteiger partial charge in [0.1, 0.15) is 5.15 Å². The molecular formula is C13H12BrClN2S. The number of aromatic nitrogens is 2. The first-order valence-electron chi connectivity index (χ1n) is 6.01. The third-order valence-electron chi connectivity index (χ3n) is 3.28. The van der Waals surface area contributed by atoms with E-state index in [1.165, 1.54) is 25.7 Å². The maximum Gasteiger partial charge on any atom is 0.171 e. The Kier molecular flexibility index (Phi) is 3.68. The molecule has 94 valence electrons. The minimum absolute atomic E-state index is 0.548. The lowest BCUT2D eigenvalue weighted by Crippen LogP contribution is -1.99. The molecule has 2 aromatic heterocycles. The molecule has 2 nitrogen and oxygen atoms in total. The second-order valence-corrected chi connectivity index (χ2v) is 6.76. The fourth-order valence-corrected chi connectivity index (χ4v) is 3.96. The van der Waals surface area contributed by atoms with Crippen molar-refractivity contribution in [2.45, 2.75) is 31.6 Å². The molecule has 0 aliphatic heterocycles. The molecule has 0 N–H and O–H groups in total. The average molecular weight is 344 g/mol. The first-order valence-corrected chi connectivity index (χ1v) is 8.06. The summed E-state index contributed by atoms with van der Waals surface area (Å²) in [6, 6.07) is 3.96. The van der Waals surface area contributed by atoms with E-state index in [1.54, 1.807) is 11.3 Å². The Morgan fingerprint density at radius 2 is 2.00 bits per heavy atom. The van der Waals surface area contributed by atoms with Crippen molar-refractivity contribution in [3.05, 3.63) is 32.8 Å². The second kappa shape index (κ2) is 5.27. The molecule has 0 aromatic carbocycles. The number of hydrogen-bond donors (Lipinski definition) is 0. The highest BCUT2D eigenvalue weighted by molar-refractivity contribution is 9.10. The van der Waals surface area contributed by atoms with Crippen LogP contribution in [0, 0.1) is 0 Å². The zero-order valence-electron chi connectivity index (χ0n) is 9.70. The van der Waals surface area contributed by atoms with Crippen LogP contribution in [0.2, 0.25) is 5.15 Å². The van der Waals surface area contributed by atoms with Gasteiger partial charge >= 0.3 is 0 Å². The molecule has 2 aromatic rings. The van der Waals surface area contributed by atoms with Crippen molar-refractivity contribution in [2.24, 2.45) is 0 Å². The zero-order valence-corrected chi connectivity index (χ0v) is 12.9. The van der Waals surface area contributed by atoms with Gasteiger partial charge in [0.05, 0.1) is 4.88 Å². The van der Waals surface area contributed by atoms with Crippen LogP contribution in [-0.4, -0.2) is 9.97 Å². The van der Waals surface area contributed by atoms with Crippen molar-refractivity contribution >= 4 is 38.9 Å². The maximum absolute atomic E-state index is 6.13. The first-order chi connectivity index (χ1) is 8.72. The molecule has 1 aliphatic carbocycles. The summed E-state index contributed by atoms with van der Waals surface area (Å²) in [6.45, 7) is 0. The fourth-order valence-electron chi connectivity index (χ4n) is 2.41. The molecule has 0 spiro atoms. The smallest absolute Gasteiger partial charge is 0.171 e. The first kappa shape index (κ1) is 12.6. The van der Waals surface area contributed by atoms with Crippen molar-refractivity contribution < 1.29 is 0 Å². The summed E-state index contributed by atoms with van der Waals surface area (Å²) in [5.74, 6) is 1.31. The van der Waals surface area contributed by atoms with Gasteiger partial charge < -0.3 is 0 Å². The Balaban J connectivity index is 1.99. The van der Waals surface area contributed by atoms with Crippen LogP contribution in [0.5, 0.6) is 0 Å². The van der Waals surface area contributed by atoms with E-state index in [0.29, 0.717) is 11.1 Å². The molecule has 0 radical (unpaired) electrons. The third-order valence-corrected chi connectivity index (χ3v) is 5.16. The van der Waals surface area contributed by atoms with Gasteiger partial charge in [0.15, 0.2) is 5.82 Å². The summed E-state index contributed by atoms with van der Waals surface area (Å²) in [4.78, 5) is 10.1. The Morgan fingerprint density at radius 3 is 2.67 bits per heavy atom. The summed E-state index contributed by atoms with van der Waals surface area (Å²) in [5.41, 5.74) is 1.10. The summed E-state index contributed by atoms with van der Waals surface area (Å²) in [6.07, 6.45) is 5.04. The van der Waals surface area contributed by atoms with Crippen molar-refractivity contribution in [3.8, 4) is 10.7 Å². The Labute approximate surface area is 124 Å². The van der Waals surface area contributed by atoms with E-state index in [4.69, 9.17) is 16.6 Å². The lowest BCUT2D eigenvalue weighted by Gasteiger charge is -2.09. The Morgan fingerprint density at radius 1 is 1.22 bits per heavy atom. The zero-order chi connectivity index (χ0) is 12.5. The van der Waals surface area contributed by atoms with Crippen LogP contribution in [0.1, 0.15) is 37.3 Å². The number of thiophene rings is 1. The van der Waals surface area contributed by atoms with E-state index in [1.807, 2.05) is 17.5 Å². The quantitative estimate of drug-likeness (QED) is 0.693. The number of halogens is 2. The highest BCUT2D eigenvalue weighted by Crippen LogP contribution is 2.35. The lowest BCUT2D eigenvalue weighted by molar-refractivity contribution is 0.695. The predicted octanol–water partition coefficient (Wildman–Crippen LogP) is 5.28. The summed E-state index contributed by atoms with van der Waals surface area (Å²) in [5, 5.41) is 2.58. The number of hydrogen-bond acceptors (Lipinski definition) is 3. The number of nitrogens with zero attached hydrogens (tertiary/aromatic N) is 2. The van der Waals surface area contributed by atoms with E-state index >= 15 is 0 Å². The fraction of sp³-hybridized carbons (Fsp3) is 0.385. The van der Waals surface area contributed by atoms with Crippen LogP contribution in [0.4, 0.5) is 0 Å².